The monoisotopic (exact) mass is 280 g/mol. The maximum absolute atomic E-state index is 11.9. The van der Waals surface area contributed by atoms with Gasteiger partial charge in [-0.2, -0.15) is 11.8 Å². The van der Waals surface area contributed by atoms with Crippen molar-refractivity contribution in [3.8, 4) is 0 Å². The molecule has 5 nitrogen and oxygen atoms in total. The number of nitrogen functional groups attached to an aromatic ring is 1. The van der Waals surface area contributed by atoms with Gasteiger partial charge in [-0.05, 0) is 12.3 Å². The van der Waals surface area contributed by atoms with Crippen molar-refractivity contribution in [2.45, 2.75) is 6.42 Å². The number of carbonyl (C=O) groups excluding carboxylic acids is 1. The van der Waals surface area contributed by atoms with E-state index >= 15 is 0 Å². The van der Waals surface area contributed by atoms with Crippen molar-refractivity contribution >= 4 is 29.0 Å². The highest BCUT2D eigenvalue weighted by atomic mass is 32.2. The highest BCUT2D eigenvalue weighted by Gasteiger charge is 2.21. The Hall–Kier alpha value is -1.43. The molecule has 1 saturated heterocycles. The second kappa shape index (κ2) is 6.65. The summed E-state index contributed by atoms with van der Waals surface area (Å²) in [5.74, 6) is 1.16. The molecule has 2 rings (SSSR count). The van der Waals surface area contributed by atoms with Crippen LogP contribution in [0.3, 0.4) is 0 Å². The molecule has 0 bridgehead atoms. The van der Waals surface area contributed by atoms with E-state index < -0.39 is 0 Å². The minimum atomic E-state index is 0.261. The number of hydrogen-bond donors (Lipinski definition) is 1. The lowest BCUT2D eigenvalue weighted by Crippen LogP contribution is -2.49. The lowest BCUT2D eigenvalue weighted by atomic mass is 10.2. The van der Waals surface area contributed by atoms with Crippen molar-refractivity contribution < 1.29 is 4.79 Å². The summed E-state index contributed by atoms with van der Waals surface area (Å²) in [7, 11) is 0. The smallest absolute Gasteiger partial charge is 0.223 e. The highest BCUT2D eigenvalue weighted by molar-refractivity contribution is 7.98. The average Bonchev–Trinajstić information content (AvgIpc) is 2.45. The van der Waals surface area contributed by atoms with Gasteiger partial charge in [0, 0.05) is 44.5 Å². The average molecular weight is 280 g/mol. The van der Waals surface area contributed by atoms with E-state index in [1.165, 1.54) is 0 Å². The SMILES string of the molecule is CSCCC(=O)N1CCN(c2ccncc2N)CC1. The zero-order valence-corrected chi connectivity index (χ0v) is 12.0. The zero-order chi connectivity index (χ0) is 13.7. The summed E-state index contributed by atoms with van der Waals surface area (Å²) in [4.78, 5) is 20.1. The Labute approximate surface area is 118 Å². The number of piperazine rings is 1. The fourth-order valence-corrected chi connectivity index (χ4v) is 2.61. The van der Waals surface area contributed by atoms with Crippen LogP contribution in [0.15, 0.2) is 18.5 Å². The van der Waals surface area contributed by atoms with Crippen LogP contribution in [0.4, 0.5) is 11.4 Å². The van der Waals surface area contributed by atoms with E-state index in [-0.39, 0.29) is 5.91 Å². The first-order chi connectivity index (χ1) is 9.22. The highest BCUT2D eigenvalue weighted by Crippen LogP contribution is 2.22. The summed E-state index contributed by atoms with van der Waals surface area (Å²) in [6.45, 7) is 3.21. The summed E-state index contributed by atoms with van der Waals surface area (Å²) in [5.41, 5.74) is 7.64. The van der Waals surface area contributed by atoms with Crippen molar-refractivity contribution in [3.63, 3.8) is 0 Å². The molecule has 0 spiro atoms. The van der Waals surface area contributed by atoms with Crippen molar-refractivity contribution in [2.75, 3.05) is 48.8 Å². The van der Waals surface area contributed by atoms with E-state index in [9.17, 15) is 4.79 Å². The van der Waals surface area contributed by atoms with Gasteiger partial charge in [0.1, 0.15) is 0 Å². The summed E-state index contributed by atoms with van der Waals surface area (Å²) < 4.78 is 0. The normalized spacial score (nSPS) is 15.6. The molecule has 1 aliphatic heterocycles. The predicted octanol–water partition coefficient (Wildman–Crippen LogP) is 1.07. The van der Waals surface area contributed by atoms with E-state index in [1.807, 2.05) is 17.2 Å². The number of pyridine rings is 1. The third-order valence-corrected chi connectivity index (χ3v) is 3.93. The number of nitrogens with zero attached hydrogens (tertiary/aromatic N) is 3. The Morgan fingerprint density at radius 2 is 2.16 bits per heavy atom. The second-order valence-corrected chi connectivity index (χ2v) is 5.53. The Bertz CT molecular complexity index is 432. The van der Waals surface area contributed by atoms with Crippen LogP contribution in [-0.4, -0.2) is 54.0 Å². The number of thioether (sulfide) groups is 1. The Morgan fingerprint density at radius 3 is 2.79 bits per heavy atom. The van der Waals surface area contributed by atoms with E-state index in [0.29, 0.717) is 12.1 Å². The van der Waals surface area contributed by atoms with Gasteiger partial charge >= 0.3 is 0 Å². The fraction of sp³-hybridized carbons (Fsp3) is 0.538. The minimum Gasteiger partial charge on any atom is -0.396 e. The van der Waals surface area contributed by atoms with Crippen molar-refractivity contribution in [1.29, 1.82) is 0 Å². The molecule has 104 valence electrons. The molecule has 1 fully saturated rings. The molecule has 0 aliphatic carbocycles. The van der Waals surface area contributed by atoms with Crippen LogP contribution in [0, 0.1) is 0 Å². The molecule has 0 unspecified atom stereocenters. The predicted molar refractivity (Wildman–Crippen MR) is 80.4 cm³/mol. The number of nitrogens with two attached hydrogens (primary N) is 1. The molecule has 1 amide bonds. The van der Waals surface area contributed by atoms with Crippen molar-refractivity contribution in [3.05, 3.63) is 18.5 Å². The van der Waals surface area contributed by atoms with Crippen molar-refractivity contribution in [1.82, 2.24) is 9.88 Å². The Morgan fingerprint density at radius 1 is 1.42 bits per heavy atom. The summed E-state index contributed by atoms with van der Waals surface area (Å²) in [6.07, 6.45) is 6.09. The quantitative estimate of drug-likeness (QED) is 0.893. The first-order valence-electron chi connectivity index (χ1n) is 6.43. The van der Waals surface area contributed by atoms with E-state index in [4.69, 9.17) is 5.73 Å². The summed E-state index contributed by atoms with van der Waals surface area (Å²) in [5, 5.41) is 0. The van der Waals surface area contributed by atoms with Crippen LogP contribution >= 0.6 is 11.8 Å². The van der Waals surface area contributed by atoms with Gasteiger partial charge in [0.05, 0.1) is 17.6 Å². The molecule has 1 aliphatic rings. The molecule has 2 N–H and O–H groups in total. The van der Waals surface area contributed by atoms with Gasteiger partial charge in [0.2, 0.25) is 5.91 Å². The Kier molecular flexibility index (Phi) is 4.90. The molecular formula is C13H20N4OS. The summed E-state index contributed by atoms with van der Waals surface area (Å²) >= 11 is 1.71. The number of rotatable bonds is 4. The van der Waals surface area contributed by atoms with Crippen LogP contribution in [-0.2, 0) is 4.79 Å². The van der Waals surface area contributed by atoms with E-state index in [0.717, 1.165) is 37.6 Å². The number of amides is 1. The molecular weight excluding hydrogens is 260 g/mol. The van der Waals surface area contributed by atoms with Gasteiger partial charge in [0.15, 0.2) is 0 Å². The lowest BCUT2D eigenvalue weighted by molar-refractivity contribution is -0.131. The van der Waals surface area contributed by atoms with Crippen LogP contribution < -0.4 is 10.6 Å². The molecule has 0 atom stereocenters. The second-order valence-electron chi connectivity index (χ2n) is 4.55. The van der Waals surface area contributed by atoms with Gasteiger partial charge in [-0.3, -0.25) is 9.78 Å². The molecule has 0 radical (unpaired) electrons. The Balaban J connectivity index is 1.89. The molecule has 6 heteroatoms. The number of anilines is 2. The van der Waals surface area contributed by atoms with Crippen LogP contribution in [0.5, 0.6) is 0 Å². The number of carbonyl (C=O) groups is 1. The van der Waals surface area contributed by atoms with Crippen LogP contribution in [0.25, 0.3) is 0 Å². The molecule has 0 aromatic carbocycles. The van der Waals surface area contributed by atoms with Gasteiger partial charge in [-0.15, -0.1) is 0 Å². The number of aromatic nitrogens is 1. The standard InChI is InChI=1S/C13H20N4OS/c1-19-9-3-13(18)17-7-5-16(6-8-17)12-2-4-15-10-11(12)14/h2,4,10H,3,5-9,14H2,1H3. The van der Waals surface area contributed by atoms with Gasteiger partial charge in [-0.25, -0.2) is 0 Å². The zero-order valence-electron chi connectivity index (χ0n) is 11.2. The first-order valence-corrected chi connectivity index (χ1v) is 7.83. The summed E-state index contributed by atoms with van der Waals surface area (Å²) in [6, 6.07) is 1.93. The van der Waals surface area contributed by atoms with Gasteiger partial charge < -0.3 is 15.5 Å². The molecule has 2 heterocycles. The van der Waals surface area contributed by atoms with Crippen LogP contribution in [0.1, 0.15) is 6.42 Å². The topological polar surface area (TPSA) is 62.5 Å². The van der Waals surface area contributed by atoms with Crippen LogP contribution in [0.2, 0.25) is 0 Å². The van der Waals surface area contributed by atoms with Gasteiger partial charge in [-0.1, -0.05) is 0 Å². The molecule has 1 aromatic rings. The molecule has 0 saturated carbocycles. The van der Waals surface area contributed by atoms with Crippen molar-refractivity contribution in [2.24, 2.45) is 0 Å². The minimum absolute atomic E-state index is 0.261. The third-order valence-electron chi connectivity index (χ3n) is 3.32. The van der Waals surface area contributed by atoms with Gasteiger partial charge in [0.25, 0.3) is 0 Å². The number of hydrogen-bond acceptors (Lipinski definition) is 5. The first kappa shape index (κ1) is 14.0. The lowest BCUT2D eigenvalue weighted by Gasteiger charge is -2.36. The van der Waals surface area contributed by atoms with E-state index in [1.54, 1.807) is 24.2 Å². The third kappa shape index (κ3) is 3.53. The van der Waals surface area contributed by atoms with E-state index in [2.05, 4.69) is 9.88 Å². The largest absolute Gasteiger partial charge is 0.396 e. The fourth-order valence-electron chi connectivity index (χ4n) is 2.23. The maximum atomic E-state index is 11.9. The molecule has 1 aromatic heterocycles. The maximum Gasteiger partial charge on any atom is 0.223 e. The molecule has 19 heavy (non-hydrogen) atoms.